The van der Waals surface area contributed by atoms with Crippen LogP contribution in [-0.4, -0.2) is 53.7 Å². The number of hydrogen-bond donors (Lipinski definition) is 3. The Morgan fingerprint density at radius 3 is 2.48 bits per heavy atom. The van der Waals surface area contributed by atoms with Crippen molar-refractivity contribution in [2.24, 2.45) is 0 Å². The maximum absolute atomic E-state index is 13.0. The highest BCUT2D eigenvalue weighted by Gasteiger charge is 2.24. The van der Waals surface area contributed by atoms with E-state index in [1.54, 1.807) is 12.1 Å². The zero-order valence-corrected chi connectivity index (χ0v) is 18.4. The van der Waals surface area contributed by atoms with Gasteiger partial charge in [-0.25, -0.2) is 4.79 Å². The molecule has 1 aliphatic rings. The van der Waals surface area contributed by atoms with E-state index in [0.29, 0.717) is 19.6 Å². The Morgan fingerprint density at radius 1 is 0.939 bits per heavy atom. The first-order valence-corrected chi connectivity index (χ1v) is 11.4. The van der Waals surface area contributed by atoms with Gasteiger partial charge in [-0.3, -0.25) is 0 Å². The standard InChI is InChI=1S/C27H28N4O2/c32-22-10-6-9-21(17-22)30-13-15-31(16-14-30)27(33)29-18-24(20-7-2-1-3-8-20)25-19-28-26-12-5-4-11-23(25)26/h1-12,17,19,24,28,32H,13-16,18H2,(H,29,33). The van der Waals surface area contributed by atoms with Crippen molar-refractivity contribution in [2.45, 2.75) is 5.92 Å². The molecule has 168 valence electrons. The zero-order chi connectivity index (χ0) is 22.6. The number of aromatic nitrogens is 1. The Labute approximate surface area is 193 Å². The Balaban J connectivity index is 1.27. The van der Waals surface area contributed by atoms with Gasteiger partial charge in [0.2, 0.25) is 0 Å². The van der Waals surface area contributed by atoms with Gasteiger partial charge < -0.3 is 25.2 Å². The SMILES string of the molecule is O=C(NCC(c1ccccc1)c1c[nH]c2ccccc12)N1CCN(c2cccc(O)c2)CC1. The average molecular weight is 441 g/mol. The van der Waals surface area contributed by atoms with E-state index in [1.807, 2.05) is 47.4 Å². The molecular formula is C27H28N4O2. The topological polar surface area (TPSA) is 71.6 Å². The summed E-state index contributed by atoms with van der Waals surface area (Å²) >= 11 is 0. The molecule has 33 heavy (non-hydrogen) atoms. The number of hydrogen-bond acceptors (Lipinski definition) is 3. The number of para-hydroxylation sites is 1. The second-order valence-corrected chi connectivity index (χ2v) is 8.43. The molecule has 0 spiro atoms. The van der Waals surface area contributed by atoms with Gasteiger partial charge in [-0.2, -0.15) is 0 Å². The fourth-order valence-corrected chi connectivity index (χ4v) is 4.63. The second-order valence-electron chi connectivity index (χ2n) is 8.43. The van der Waals surface area contributed by atoms with Gasteiger partial charge in [-0.15, -0.1) is 0 Å². The largest absolute Gasteiger partial charge is 0.508 e. The molecule has 1 unspecified atom stereocenters. The number of carbonyl (C=O) groups is 1. The quantitative estimate of drug-likeness (QED) is 0.427. The third kappa shape index (κ3) is 4.51. The second kappa shape index (κ2) is 9.28. The lowest BCUT2D eigenvalue weighted by molar-refractivity contribution is 0.194. The summed E-state index contributed by atoms with van der Waals surface area (Å²) in [6, 6.07) is 25.8. The number of urea groups is 1. The van der Waals surface area contributed by atoms with E-state index in [4.69, 9.17) is 0 Å². The lowest BCUT2D eigenvalue weighted by Gasteiger charge is -2.36. The third-order valence-corrected chi connectivity index (χ3v) is 6.42. The van der Waals surface area contributed by atoms with Crippen LogP contribution in [-0.2, 0) is 0 Å². The van der Waals surface area contributed by atoms with E-state index < -0.39 is 0 Å². The number of fused-ring (bicyclic) bond motifs is 1. The first-order chi connectivity index (χ1) is 16.2. The van der Waals surface area contributed by atoms with Crippen molar-refractivity contribution >= 4 is 22.6 Å². The maximum atomic E-state index is 13.0. The van der Waals surface area contributed by atoms with Crippen molar-refractivity contribution in [3.63, 3.8) is 0 Å². The van der Waals surface area contributed by atoms with Crippen LogP contribution in [0.25, 0.3) is 10.9 Å². The molecule has 5 rings (SSSR count). The van der Waals surface area contributed by atoms with Crippen molar-refractivity contribution in [2.75, 3.05) is 37.6 Å². The first-order valence-electron chi connectivity index (χ1n) is 11.4. The van der Waals surface area contributed by atoms with Gasteiger partial charge in [0.25, 0.3) is 0 Å². The Morgan fingerprint density at radius 2 is 1.70 bits per heavy atom. The fourth-order valence-electron chi connectivity index (χ4n) is 4.63. The van der Waals surface area contributed by atoms with Crippen LogP contribution in [0.5, 0.6) is 5.75 Å². The summed E-state index contributed by atoms with van der Waals surface area (Å²) in [7, 11) is 0. The number of H-pyrrole nitrogens is 1. The van der Waals surface area contributed by atoms with Gasteiger partial charge in [0.05, 0.1) is 0 Å². The predicted molar refractivity (Wildman–Crippen MR) is 132 cm³/mol. The molecular weight excluding hydrogens is 412 g/mol. The van der Waals surface area contributed by atoms with E-state index in [-0.39, 0.29) is 17.7 Å². The molecule has 1 aromatic heterocycles. The average Bonchev–Trinajstić information content (AvgIpc) is 3.29. The fraction of sp³-hybridized carbons (Fsp3) is 0.222. The van der Waals surface area contributed by atoms with Crippen LogP contribution in [0.15, 0.2) is 85.1 Å². The molecule has 0 saturated carbocycles. The summed E-state index contributed by atoms with van der Waals surface area (Å²) < 4.78 is 0. The Kier molecular flexibility index (Phi) is 5.89. The minimum atomic E-state index is -0.0358. The minimum absolute atomic E-state index is 0.0358. The number of phenols is 1. The molecule has 6 nitrogen and oxygen atoms in total. The van der Waals surface area contributed by atoms with E-state index >= 15 is 0 Å². The summed E-state index contributed by atoms with van der Waals surface area (Å²) in [6.45, 7) is 3.29. The number of carbonyl (C=O) groups excluding carboxylic acids is 1. The van der Waals surface area contributed by atoms with Gasteiger partial charge >= 0.3 is 6.03 Å². The van der Waals surface area contributed by atoms with Gasteiger partial charge in [-0.1, -0.05) is 54.6 Å². The highest BCUT2D eigenvalue weighted by Crippen LogP contribution is 2.30. The molecule has 2 amide bonds. The van der Waals surface area contributed by atoms with Crippen LogP contribution in [0.4, 0.5) is 10.5 Å². The number of anilines is 1. The monoisotopic (exact) mass is 440 g/mol. The number of amides is 2. The van der Waals surface area contributed by atoms with Gasteiger partial charge in [0, 0.05) is 67.5 Å². The first kappa shape index (κ1) is 20.9. The van der Waals surface area contributed by atoms with Crippen LogP contribution >= 0.6 is 0 Å². The van der Waals surface area contributed by atoms with Crippen molar-refractivity contribution in [3.05, 3.63) is 96.2 Å². The number of nitrogens with zero attached hydrogens (tertiary/aromatic N) is 2. The lowest BCUT2D eigenvalue weighted by atomic mass is 9.91. The number of benzene rings is 3. The Hall–Kier alpha value is -3.93. The van der Waals surface area contributed by atoms with Crippen molar-refractivity contribution in [3.8, 4) is 5.75 Å². The van der Waals surface area contributed by atoms with Crippen LogP contribution in [0.3, 0.4) is 0 Å². The van der Waals surface area contributed by atoms with Crippen molar-refractivity contribution < 1.29 is 9.90 Å². The van der Waals surface area contributed by atoms with E-state index in [2.05, 4.69) is 45.7 Å². The summed E-state index contributed by atoms with van der Waals surface area (Å²) in [5.41, 5.74) is 4.45. The molecule has 1 fully saturated rings. The summed E-state index contributed by atoms with van der Waals surface area (Å²) in [6.07, 6.45) is 2.06. The molecule has 0 bridgehead atoms. The molecule has 6 heteroatoms. The third-order valence-electron chi connectivity index (χ3n) is 6.42. The van der Waals surface area contributed by atoms with Crippen molar-refractivity contribution in [1.82, 2.24) is 15.2 Å². The molecule has 0 aliphatic carbocycles. The number of aromatic amines is 1. The highest BCUT2D eigenvalue weighted by atomic mass is 16.3. The number of aromatic hydroxyl groups is 1. The van der Waals surface area contributed by atoms with E-state index in [1.165, 1.54) is 16.5 Å². The van der Waals surface area contributed by atoms with Crippen LogP contribution in [0.2, 0.25) is 0 Å². The van der Waals surface area contributed by atoms with Gasteiger partial charge in [0.1, 0.15) is 5.75 Å². The molecule has 0 radical (unpaired) electrons. The van der Waals surface area contributed by atoms with Gasteiger partial charge in [-0.05, 0) is 29.3 Å². The van der Waals surface area contributed by atoms with Crippen LogP contribution < -0.4 is 10.2 Å². The maximum Gasteiger partial charge on any atom is 0.317 e. The highest BCUT2D eigenvalue weighted by molar-refractivity contribution is 5.84. The Bertz CT molecular complexity index is 1230. The van der Waals surface area contributed by atoms with Crippen molar-refractivity contribution in [1.29, 1.82) is 0 Å². The molecule has 1 saturated heterocycles. The van der Waals surface area contributed by atoms with E-state index in [9.17, 15) is 9.90 Å². The number of piperazine rings is 1. The summed E-state index contributed by atoms with van der Waals surface area (Å²) in [5.74, 6) is 0.316. The molecule has 1 atom stereocenters. The molecule has 3 aromatic carbocycles. The lowest BCUT2D eigenvalue weighted by Crippen LogP contribution is -2.52. The summed E-state index contributed by atoms with van der Waals surface area (Å²) in [4.78, 5) is 20.4. The minimum Gasteiger partial charge on any atom is -0.508 e. The van der Waals surface area contributed by atoms with E-state index in [0.717, 1.165) is 24.3 Å². The number of rotatable bonds is 5. The molecule has 4 aromatic rings. The molecule has 2 heterocycles. The molecule has 1 aliphatic heterocycles. The van der Waals surface area contributed by atoms with Gasteiger partial charge in [0.15, 0.2) is 0 Å². The summed E-state index contributed by atoms with van der Waals surface area (Å²) in [5, 5.41) is 14.1. The zero-order valence-electron chi connectivity index (χ0n) is 18.4. The van der Waals surface area contributed by atoms with Crippen LogP contribution in [0.1, 0.15) is 17.0 Å². The smallest absolute Gasteiger partial charge is 0.317 e. The molecule has 3 N–H and O–H groups in total. The predicted octanol–water partition coefficient (Wildman–Crippen LogP) is 4.54. The number of nitrogens with one attached hydrogen (secondary N) is 2. The van der Waals surface area contributed by atoms with Crippen LogP contribution in [0, 0.1) is 0 Å². The normalized spacial score (nSPS) is 14.9. The number of phenolic OH excluding ortho intramolecular Hbond substituents is 1.